The number of rotatable bonds is 6. The van der Waals surface area contributed by atoms with E-state index in [1.54, 1.807) is 0 Å². The number of furan rings is 1. The molecule has 3 heterocycles. The predicted molar refractivity (Wildman–Crippen MR) is 292 cm³/mol. The molecule has 0 aliphatic rings. The fraction of sp³-hybridized carbons (Fsp3) is 0.0308. The zero-order valence-electron chi connectivity index (χ0n) is 38.6. The van der Waals surface area contributed by atoms with Gasteiger partial charge in [-0.2, -0.15) is 9.97 Å². The molecular weight excluding hydrogens is 853 g/mol. The lowest BCUT2D eigenvalue weighted by Crippen LogP contribution is -2.07. The minimum Gasteiger partial charge on any atom is -0.455 e. The van der Waals surface area contributed by atoms with Crippen molar-refractivity contribution in [3.63, 3.8) is 0 Å². The molecule has 5 nitrogen and oxygen atoms in total. The third kappa shape index (κ3) is 6.58. The molecule has 0 unspecified atom stereocenters. The molecule has 0 saturated carbocycles. The lowest BCUT2D eigenvalue weighted by molar-refractivity contribution is 0.670. The van der Waals surface area contributed by atoms with Crippen LogP contribution in [0.5, 0.6) is 0 Å². The molecule has 0 radical (unpaired) electrons. The minimum atomic E-state index is 0.526. The lowest BCUT2D eigenvalue weighted by atomic mass is 9.93. The van der Waals surface area contributed by atoms with Crippen molar-refractivity contribution in [2.75, 3.05) is 0 Å². The summed E-state index contributed by atoms with van der Waals surface area (Å²) in [5, 5.41) is 11.3. The van der Waals surface area contributed by atoms with Gasteiger partial charge in [0.15, 0.2) is 11.6 Å². The van der Waals surface area contributed by atoms with Crippen molar-refractivity contribution in [2.24, 2.45) is 0 Å². The van der Waals surface area contributed by atoms with Crippen LogP contribution in [0.2, 0.25) is 0 Å². The maximum absolute atomic E-state index is 6.94. The van der Waals surface area contributed by atoms with E-state index in [-0.39, 0.29) is 0 Å². The van der Waals surface area contributed by atoms with Crippen LogP contribution in [-0.4, -0.2) is 19.5 Å². The van der Waals surface area contributed by atoms with Crippen molar-refractivity contribution >= 4 is 76.1 Å². The Morgan fingerprint density at radius 1 is 0.343 bits per heavy atom. The molecule has 0 bridgehead atoms. The lowest BCUT2D eigenvalue weighted by Gasteiger charge is -2.15. The van der Waals surface area contributed by atoms with Crippen LogP contribution < -0.4 is 0 Å². The van der Waals surface area contributed by atoms with Gasteiger partial charge in [-0.05, 0) is 61.3 Å². The number of nitrogens with zero attached hydrogens (tertiary/aromatic N) is 4. The van der Waals surface area contributed by atoms with E-state index in [9.17, 15) is 0 Å². The number of para-hydroxylation sites is 2. The molecule has 0 amide bonds. The molecule has 14 rings (SSSR count). The summed E-state index contributed by atoms with van der Waals surface area (Å²) in [5.74, 6) is 1.69. The van der Waals surface area contributed by atoms with Crippen molar-refractivity contribution in [3.05, 3.63) is 231 Å². The molecule has 0 aliphatic carbocycles. The monoisotopic (exact) mass is 896 g/mol. The molecule has 0 atom stereocenters. The summed E-state index contributed by atoms with van der Waals surface area (Å²) in [5.41, 5.74) is 12.1. The van der Waals surface area contributed by atoms with Crippen LogP contribution in [-0.2, 0) is 0 Å². The van der Waals surface area contributed by atoms with Crippen LogP contribution in [0.1, 0.15) is 13.8 Å². The highest BCUT2D eigenvalue weighted by Crippen LogP contribution is 2.48. The van der Waals surface area contributed by atoms with Gasteiger partial charge in [-0.25, -0.2) is 4.98 Å². The first-order chi connectivity index (χ1) is 34.7. The molecule has 14 aromatic rings. The zero-order chi connectivity index (χ0) is 46.7. The number of hydrogen-bond acceptors (Lipinski definition) is 4. The summed E-state index contributed by atoms with van der Waals surface area (Å²) in [6.45, 7) is 4.00. The number of aromatic nitrogens is 4. The maximum Gasteiger partial charge on any atom is 0.238 e. The van der Waals surface area contributed by atoms with Crippen LogP contribution in [0.25, 0.3) is 138 Å². The van der Waals surface area contributed by atoms with E-state index in [2.05, 4.69) is 217 Å². The van der Waals surface area contributed by atoms with E-state index >= 15 is 0 Å². The Labute approximate surface area is 404 Å². The van der Waals surface area contributed by atoms with E-state index in [0.717, 1.165) is 115 Å². The fourth-order valence-electron chi connectivity index (χ4n) is 10.5. The molecule has 0 saturated heterocycles. The van der Waals surface area contributed by atoms with Crippen LogP contribution >= 0.6 is 0 Å². The van der Waals surface area contributed by atoms with Gasteiger partial charge in [0.25, 0.3) is 0 Å². The Hall–Kier alpha value is -9.19. The molecule has 70 heavy (non-hydrogen) atoms. The maximum atomic E-state index is 6.94. The Morgan fingerprint density at radius 2 is 0.814 bits per heavy atom. The molecule has 0 aliphatic heterocycles. The highest BCUT2D eigenvalue weighted by molar-refractivity contribution is 6.34. The first-order valence-electron chi connectivity index (χ1n) is 24.0. The summed E-state index contributed by atoms with van der Waals surface area (Å²) < 4.78 is 9.26. The number of hydrogen-bond donors (Lipinski definition) is 0. The van der Waals surface area contributed by atoms with Crippen molar-refractivity contribution < 1.29 is 4.42 Å². The minimum absolute atomic E-state index is 0.526. The fourth-order valence-corrected chi connectivity index (χ4v) is 10.5. The second-order valence-corrected chi connectivity index (χ2v) is 17.5. The Balaban J connectivity index is 0.00000237. The Kier molecular flexibility index (Phi) is 9.88. The quantitative estimate of drug-likeness (QED) is 0.156. The first-order valence-corrected chi connectivity index (χ1v) is 24.0. The Morgan fingerprint density at radius 3 is 1.44 bits per heavy atom. The van der Waals surface area contributed by atoms with Crippen molar-refractivity contribution in [1.29, 1.82) is 0 Å². The van der Waals surface area contributed by atoms with Gasteiger partial charge < -0.3 is 4.42 Å². The summed E-state index contributed by atoms with van der Waals surface area (Å²) >= 11 is 0. The van der Waals surface area contributed by atoms with Gasteiger partial charge in [-0.15, -0.1) is 0 Å². The van der Waals surface area contributed by atoms with E-state index in [4.69, 9.17) is 19.4 Å². The largest absolute Gasteiger partial charge is 0.455 e. The second kappa shape index (κ2) is 16.8. The molecule has 5 heteroatoms. The van der Waals surface area contributed by atoms with Crippen molar-refractivity contribution in [2.45, 2.75) is 13.8 Å². The van der Waals surface area contributed by atoms with Gasteiger partial charge in [0.1, 0.15) is 11.2 Å². The predicted octanol–water partition coefficient (Wildman–Crippen LogP) is 17.7. The highest BCUT2D eigenvalue weighted by atomic mass is 16.3. The molecule has 330 valence electrons. The first kappa shape index (κ1) is 41.0. The molecule has 0 fully saturated rings. The van der Waals surface area contributed by atoms with Crippen molar-refractivity contribution in [1.82, 2.24) is 19.5 Å². The van der Waals surface area contributed by atoms with Gasteiger partial charge in [0.05, 0.1) is 11.0 Å². The second-order valence-electron chi connectivity index (χ2n) is 17.5. The van der Waals surface area contributed by atoms with Crippen LogP contribution in [0.3, 0.4) is 0 Å². The molecule has 3 aromatic heterocycles. The summed E-state index contributed by atoms with van der Waals surface area (Å²) in [7, 11) is 0. The van der Waals surface area contributed by atoms with Gasteiger partial charge in [0, 0.05) is 49.2 Å². The van der Waals surface area contributed by atoms with Crippen LogP contribution in [0.15, 0.2) is 235 Å². The van der Waals surface area contributed by atoms with Gasteiger partial charge in [0.2, 0.25) is 5.95 Å². The molecule has 0 N–H and O–H groups in total. The van der Waals surface area contributed by atoms with Crippen LogP contribution in [0.4, 0.5) is 0 Å². The summed E-state index contributed by atoms with van der Waals surface area (Å²) in [6, 6.07) is 81.5. The zero-order valence-corrected chi connectivity index (χ0v) is 38.6. The highest BCUT2D eigenvalue weighted by Gasteiger charge is 2.26. The number of fused-ring (bicyclic) bond motifs is 12. The molecular formula is C65H44N4O. The SMILES string of the molecule is CC.c1ccc(-c2ccc(-c3nc(-c4ccc(-c5ccccc5)cc4)nc(-n4c5c(-c6c7ccccc7cc7c6oc6ccccc67)cccc5c5c6ccccc6c6ccccc6c54)n3)cc2)cc1. The van der Waals surface area contributed by atoms with Crippen LogP contribution in [0, 0.1) is 0 Å². The Bertz CT molecular complexity index is 4190. The number of benzene rings is 11. The van der Waals surface area contributed by atoms with Crippen molar-refractivity contribution in [3.8, 4) is 62.1 Å². The smallest absolute Gasteiger partial charge is 0.238 e. The molecule has 0 spiro atoms. The van der Waals surface area contributed by atoms with Gasteiger partial charge >= 0.3 is 0 Å². The topological polar surface area (TPSA) is 56.7 Å². The standard InChI is InChI=1S/C63H38N4O.C2H6/c1-3-16-39(17-4-1)41-30-34-43(35-31-41)61-64-62(44-36-32-42(33-37-44)40-18-5-2-6-19-40)66-63(65-61)67-58-52(56-50-25-11-9-22-47(50)48-23-10-12-26-51(48)59(56)67)27-15-28-53(58)57-46-21-8-7-20-45(46)38-54-49-24-13-14-29-55(49)68-60(54)57;1-2/h1-38H;1-2H3. The van der Waals surface area contributed by atoms with Gasteiger partial charge in [-0.1, -0.05) is 232 Å². The third-order valence-electron chi connectivity index (χ3n) is 13.6. The van der Waals surface area contributed by atoms with E-state index < -0.39 is 0 Å². The van der Waals surface area contributed by atoms with E-state index in [1.165, 1.54) is 5.39 Å². The average Bonchev–Trinajstić information content (AvgIpc) is 4.00. The molecule has 11 aromatic carbocycles. The summed E-state index contributed by atoms with van der Waals surface area (Å²) in [6.07, 6.45) is 0. The average molecular weight is 897 g/mol. The summed E-state index contributed by atoms with van der Waals surface area (Å²) in [4.78, 5) is 16.4. The van der Waals surface area contributed by atoms with E-state index in [0.29, 0.717) is 17.6 Å². The van der Waals surface area contributed by atoms with E-state index in [1.807, 2.05) is 32.0 Å². The normalized spacial score (nSPS) is 11.6. The van der Waals surface area contributed by atoms with Gasteiger partial charge in [-0.3, -0.25) is 4.57 Å². The third-order valence-corrected chi connectivity index (χ3v) is 13.6.